The number of aromatic nitrogens is 2. The molecule has 1 aromatic heterocycles. The van der Waals surface area contributed by atoms with Crippen LogP contribution in [0.3, 0.4) is 0 Å². The monoisotopic (exact) mass is 338 g/mol. The Labute approximate surface area is 147 Å². The van der Waals surface area contributed by atoms with E-state index in [1.807, 2.05) is 49.1 Å². The van der Waals surface area contributed by atoms with Crippen molar-refractivity contribution in [3.63, 3.8) is 0 Å². The first kappa shape index (κ1) is 15.9. The van der Waals surface area contributed by atoms with Gasteiger partial charge in [0, 0.05) is 30.4 Å². The maximum absolute atomic E-state index is 12.8. The number of fused-ring (bicyclic) bond motifs is 2. The Balaban J connectivity index is 1.45. The van der Waals surface area contributed by atoms with E-state index in [9.17, 15) is 4.79 Å². The van der Waals surface area contributed by atoms with Gasteiger partial charge in [-0.2, -0.15) is 0 Å². The van der Waals surface area contributed by atoms with Crippen LogP contribution in [0.5, 0.6) is 5.75 Å². The molecule has 0 aliphatic carbocycles. The first-order chi connectivity index (χ1) is 12.2. The Hall–Kier alpha value is -2.63. The third-order valence-electron chi connectivity index (χ3n) is 4.95. The van der Waals surface area contributed by atoms with Crippen LogP contribution in [-0.4, -0.2) is 52.6 Å². The topological polar surface area (TPSA) is 58.6 Å². The third-order valence-corrected chi connectivity index (χ3v) is 4.95. The summed E-state index contributed by atoms with van der Waals surface area (Å²) in [6, 6.07) is 9.95. The Morgan fingerprint density at radius 3 is 2.56 bits per heavy atom. The number of piperidine rings is 1. The smallest absolute Gasteiger partial charge is 0.254 e. The molecule has 0 radical (unpaired) electrons. The Kier molecular flexibility index (Phi) is 4.03. The van der Waals surface area contributed by atoms with E-state index in [1.165, 1.54) is 0 Å². The van der Waals surface area contributed by atoms with Gasteiger partial charge in [0.05, 0.1) is 18.7 Å². The second-order valence-corrected chi connectivity index (χ2v) is 6.64. The number of hydrogen-bond donors (Lipinski definition) is 0. The molecule has 6 heteroatoms. The summed E-state index contributed by atoms with van der Waals surface area (Å²) >= 11 is 0. The largest absolute Gasteiger partial charge is 0.494 e. The fraction of sp³-hybridized carbons (Fsp3) is 0.421. The fourth-order valence-electron chi connectivity index (χ4n) is 3.75. The molecule has 1 aromatic carbocycles. The van der Waals surface area contributed by atoms with Gasteiger partial charge >= 0.3 is 0 Å². The molecule has 1 amide bonds. The summed E-state index contributed by atoms with van der Waals surface area (Å²) < 4.78 is 5.45. The lowest BCUT2D eigenvalue weighted by atomic mass is 9.86. The van der Waals surface area contributed by atoms with E-state index < -0.39 is 0 Å². The predicted octanol–water partition coefficient (Wildman–Crippen LogP) is 2.29. The normalized spacial score (nSPS) is 21.7. The third kappa shape index (κ3) is 2.92. The van der Waals surface area contributed by atoms with Gasteiger partial charge in [-0.05, 0) is 44.5 Å². The highest BCUT2D eigenvalue weighted by molar-refractivity contribution is 5.95. The molecule has 3 aliphatic rings. The summed E-state index contributed by atoms with van der Waals surface area (Å²) in [6.07, 6.45) is 2.68. The number of carbonyl (C=O) groups is 1. The standard InChI is InChI=1S/C19H22N4O2/c1-3-25-17-6-4-14(5-7-17)19(24)23-15-9-16(23)11-22(10-15)18-8-13(2)20-12-21-18/h4-8,12,15-16H,3,9-11H2,1-2H3. The SMILES string of the molecule is CCOc1ccc(C(=O)N2C3CC2CN(c2cc(C)ncn2)C3)cc1. The summed E-state index contributed by atoms with van der Waals surface area (Å²) in [5.74, 6) is 1.87. The zero-order valence-corrected chi connectivity index (χ0v) is 14.6. The van der Waals surface area contributed by atoms with Crippen LogP contribution in [0.1, 0.15) is 29.4 Å². The molecular formula is C19H22N4O2. The maximum atomic E-state index is 12.8. The van der Waals surface area contributed by atoms with Crippen LogP contribution in [-0.2, 0) is 0 Å². The minimum Gasteiger partial charge on any atom is -0.494 e. The molecule has 4 heterocycles. The number of benzene rings is 1. The van der Waals surface area contributed by atoms with Crippen molar-refractivity contribution in [2.45, 2.75) is 32.4 Å². The molecule has 3 aliphatic heterocycles. The summed E-state index contributed by atoms with van der Waals surface area (Å²) in [4.78, 5) is 25.7. The number of aryl methyl sites for hydroxylation is 1. The van der Waals surface area contributed by atoms with E-state index in [4.69, 9.17) is 4.74 Å². The number of ether oxygens (including phenoxy) is 1. The van der Waals surface area contributed by atoms with Crippen LogP contribution in [0, 0.1) is 6.92 Å². The molecule has 0 N–H and O–H groups in total. The molecule has 2 unspecified atom stereocenters. The van der Waals surface area contributed by atoms with Crippen LogP contribution >= 0.6 is 0 Å². The van der Waals surface area contributed by atoms with Crippen LogP contribution in [0.25, 0.3) is 0 Å². The highest BCUT2D eigenvalue weighted by Gasteiger charge is 2.47. The number of anilines is 1. The Morgan fingerprint density at radius 2 is 1.92 bits per heavy atom. The maximum Gasteiger partial charge on any atom is 0.254 e. The second-order valence-electron chi connectivity index (χ2n) is 6.64. The highest BCUT2D eigenvalue weighted by atomic mass is 16.5. The average Bonchev–Trinajstić information content (AvgIpc) is 2.62. The van der Waals surface area contributed by atoms with Gasteiger partial charge in [0.2, 0.25) is 0 Å². The van der Waals surface area contributed by atoms with Crippen LogP contribution < -0.4 is 9.64 Å². The molecule has 3 fully saturated rings. The van der Waals surface area contributed by atoms with Crippen molar-refractivity contribution in [2.24, 2.45) is 0 Å². The lowest BCUT2D eigenvalue weighted by molar-refractivity contribution is 0.00575. The molecule has 2 atom stereocenters. The van der Waals surface area contributed by atoms with Gasteiger partial charge in [-0.15, -0.1) is 0 Å². The van der Waals surface area contributed by atoms with Crippen molar-refractivity contribution < 1.29 is 9.53 Å². The molecule has 5 rings (SSSR count). The lowest BCUT2D eigenvalue weighted by Crippen LogP contribution is -2.70. The predicted molar refractivity (Wildman–Crippen MR) is 95.0 cm³/mol. The van der Waals surface area contributed by atoms with E-state index in [-0.39, 0.29) is 18.0 Å². The minimum absolute atomic E-state index is 0.114. The van der Waals surface area contributed by atoms with E-state index in [0.717, 1.165) is 42.3 Å². The van der Waals surface area contributed by atoms with Gasteiger partial charge in [0.15, 0.2) is 0 Å². The summed E-state index contributed by atoms with van der Waals surface area (Å²) in [5, 5.41) is 0. The number of piperazine rings is 1. The molecule has 3 saturated heterocycles. The molecule has 25 heavy (non-hydrogen) atoms. The number of nitrogens with zero attached hydrogens (tertiary/aromatic N) is 4. The average molecular weight is 338 g/mol. The van der Waals surface area contributed by atoms with Crippen molar-refractivity contribution in [2.75, 3.05) is 24.6 Å². The molecule has 130 valence electrons. The van der Waals surface area contributed by atoms with Gasteiger partial charge in [0.1, 0.15) is 17.9 Å². The number of hydrogen-bond acceptors (Lipinski definition) is 5. The van der Waals surface area contributed by atoms with Crippen molar-refractivity contribution in [3.05, 3.63) is 47.9 Å². The van der Waals surface area contributed by atoms with E-state index >= 15 is 0 Å². The van der Waals surface area contributed by atoms with Gasteiger partial charge in [-0.3, -0.25) is 4.79 Å². The van der Waals surface area contributed by atoms with Crippen molar-refractivity contribution in [1.29, 1.82) is 0 Å². The molecular weight excluding hydrogens is 316 g/mol. The Morgan fingerprint density at radius 1 is 1.20 bits per heavy atom. The van der Waals surface area contributed by atoms with Gasteiger partial charge in [-0.25, -0.2) is 9.97 Å². The minimum atomic E-state index is 0.114. The first-order valence-corrected chi connectivity index (χ1v) is 8.75. The molecule has 0 spiro atoms. The van der Waals surface area contributed by atoms with Crippen molar-refractivity contribution in [1.82, 2.24) is 14.9 Å². The summed E-state index contributed by atoms with van der Waals surface area (Å²) in [7, 11) is 0. The number of carbonyl (C=O) groups excluding carboxylic acids is 1. The molecule has 2 aromatic rings. The van der Waals surface area contributed by atoms with Crippen LogP contribution in [0.15, 0.2) is 36.7 Å². The number of rotatable bonds is 4. The quantitative estimate of drug-likeness (QED) is 0.856. The lowest BCUT2D eigenvalue weighted by Gasteiger charge is -2.56. The van der Waals surface area contributed by atoms with E-state index in [2.05, 4.69) is 14.9 Å². The molecule has 0 saturated carbocycles. The molecule has 2 bridgehead atoms. The van der Waals surface area contributed by atoms with Crippen LogP contribution in [0.4, 0.5) is 5.82 Å². The van der Waals surface area contributed by atoms with E-state index in [1.54, 1.807) is 6.33 Å². The number of amides is 1. The van der Waals surface area contributed by atoms with E-state index in [0.29, 0.717) is 6.61 Å². The van der Waals surface area contributed by atoms with Crippen molar-refractivity contribution >= 4 is 11.7 Å². The van der Waals surface area contributed by atoms with Gasteiger partial charge in [-0.1, -0.05) is 0 Å². The second kappa shape index (κ2) is 6.35. The summed E-state index contributed by atoms with van der Waals surface area (Å²) in [5.41, 5.74) is 1.69. The van der Waals surface area contributed by atoms with Gasteiger partial charge in [0.25, 0.3) is 5.91 Å². The zero-order chi connectivity index (χ0) is 17.4. The first-order valence-electron chi connectivity index (χ1n) is 8.75. The fourth-order valence-corrected chi connectivity index (χ4v) is 3.75. The van der Waals surface area contributed by atoms with Gasteiger partial charge < -0.3 is 14.5 Å². The van der Waals surface area contributed by atoms with Crippen molar-refractivity contribution in [3.8, 4) is 5.75 Å². The highest BCUT2D eigenvalue weighted by Crippen LogP contribution is 2.35. The van der Waals surface area contributed by atoms with Crippen LogP contribution in [0.2, 0.25) is 0 Å². The zero-order valence-electron chi connectivity index (χ0n) is 14.6. The summed E-state index contributed by atoms with van der Waals surface area (Å²) in [6.45, 7) is 6.20. The Bertz CT molecular complexity index is 765. The molecule has 6 nitrogen and oxygen atoms in total.